The van der Waals surface area contributed by atoms with E-state index >= 15 is 0 Å². The van der Waals surface area contributed by atoms with Crippen LogP contribution in [-0.4, -0.2) is 19.2 Å². The summed E-state index contributed by atoms with van der Waals surface area (Å²) < 4.78 is 5.57. The Bertz CT molecular complexity index is 256. The van der Waals surface area contributed by atoms with Gasteiger partial charge in [-0.15, -0.1) is 0 Å². The first-order chi connectivity index (χ1) is 6.95. The van der Waals surface area contributed by atoms with E-state index in [0.717, 1.165) is 31.4 Å². The number of benzene rings is 1. The SMILES string of the molecule is c1ccc(OCCCNC2CC2)cc1. The summed E-state index contributed by atoms with van der Waals surface area (Å²) in [7, 11) is 0. The van der Waals surface area contributed by atoms with Crippen molar-refractivity contribution < 1.29 is 4.74 Å². The maximum Gasteiger partial charge on any atom is 0.119 e. The van der Waals surface area contributed by atoms with Crippen LogP contribution in [0.5, 0.6) is 5.75 Å². The van der Waals surface area contributed by atoms with Crippen molar-refractivity contribution in [3.63, 3.8) is 0 Å². The molecule has 0 unspecified atom stereocenters. The first kappa shape index (κ1) is 9.53. The van der Waals surface area contributed by atoms with Crippen molar-refractivity contribution in [3.05, 3.63) is 30.3 Å². The lowest BCUT2D eigenvalue weighted by Gasteiger charge is -2.05. The summed E-state index contributed by atoms with van der Waals surface area (Å²) in [6.45, 7) is 1.89. The van der Waals surface area contributed by atoms with Gasteiger partial charge >= 0.3 is 0 Å². The predicted molar refractivity (Wildman–Crippen MR) is 57.6 cm³/mol. The van der Waals surface area contributed by atoms with Gasteiger partial charge in [0.15, 0.2) is 0 Å². The van der Waals surface area contributed by atoms with Gasteiger partial charge in [-0.2, -0.15) is 0 Å². The number of rotatable bonds is 6. The van der Waals surface area contributed by atoms with Gasteiger partial charge in [0.2, 0.25) is 0 Å². The molecule has 2 heteroatoms. The van der Waals surface area contributed by atoms with Crippen LogP contribution < -0.4 is 10.1 Å². The highest BCUT2D eigenvalue weighted by Crippen LogP contribution is 2.18. The molecule has 0 spiro atoms. The fourth-order valence-electron chi connectivity index (χ4n) is 1.37. The van der Waals surface area contributed by atoms with Crippen LogP contribution in [0.4, 0.5) is 0 Å². The van der Waals surface area contributed by atoms with Crippen LogP contribution in [-0.2, 0) is 0 Å². The zero-order valence-electron chi connectivity index (χ0n) is 8.41. The minimum absolute atomic E-state index is 0.809. The molecule has 1 N–H and O–H groups in total. The van der Waals surface area contributed by atoms with Crippen LogP contribution in [0.25, 0.3) is 0 Å². The molecule has 0 heterocycles. The summed E-state index contributed by atoms with van der Waals surface area (Å²) in [5.74, 6) is 0.971. The Balaban J connectivity index is 1.54. The molecule has 14 heavy (non-hydrogen) atoms. The summed E-state index contributed by atoms with van der Waals surface area (Å²) in [5, 5.41) is 3.46. The lowest BCUT2D eigenvalue weighted by Crippen LogP contribution is -2.19. The second-order valence-electron chi connectivity index (χ2n) is 3.74. The monoisotopic (exact) mass is 191 g/mol. The summed E-state index contributed by atoms with van der Waals surface area (Å²) in [6, 6.07) is 10.8. The van der Waals surface area contributed by atoms with E-state index in [0.29, 0.717) is 0 Å². The molecule has 1 saturated carbocycles. The van der Waals surface area contributed by atoms with Gasteiger partial charge in [0.25, 0.3) is 0 Å². The van der Waals surface area contributed by atoms with Gasteiger partial charge in [0.1, 0.15) is 5.75 Å². The van der Waals surface area contributed by atoms with Crippen molar-refractivity contribution in [2.24, 2.45) is 0 Å². The third kappa shape index (κ3) is 3.38. The Morgan fingerprint density at radius 2 is 2.00 bits per heavy atom. The molecule has 0 radical (unpaired) electrons. The van der Waals surface area contributed by atoms with E-state index in [-0.39, 0.29) is 0 Å². The number of ether oxygens (including phenoxy) is 1. The van der Waals surface area contributed by atoms with Crippen molar-refractivity contribution in [1.82, 2.24) is 5.32 Å². The van der Waals surface area contributed by atoms with Crippen molar-refractivity contribution >= 4 is 0 Å². The van der Waals surface area contributed by atoms with E-state index in [4.69, 9.17) is 4.74 Å². The lowest BCUT2D eigenvalue weighted by atomic mass is 10.3. The van der Waals surface area contributed by atoms with Gasteiger partial charge in [-0.3, -0.25) is 0 Å². The Morgan fingerprint density at radius 3 is 2.71 bits per heavy atom. The molecule has 2 rings (SSSR count). The summed E-state index contributed by atoms with van der Waals surface area (Å²) in [5.41, 5.74) is 0. The number of nitrogens with one attached hydrogen (secondary N) is 1. The first-order valence-corrected chi connectivity index (χ1v) is 5.36. The van der Waals surface area contributed by atoms with Crippen LogP contribution in [0.2, 0.25) is 0 Å². The normalized spacial score (nSPS) is 15.4. The van der Waals surface area contributed by atoms with E-state index in [1.54, 1.807) is 0 Å². The van der Waals surface area contributed by atoms with Gasteiger partial charge in [0, 0.05) is 6.04 Å². The summed E-state index contributed by atoms with van der Waals surface area (Å²) >= 11 is 0. The maximum atomic E-state index is 5.57. The Labute approximate surface area is 85.3 Å². The fourth-order valence-corrected chi connectivity index (χ4v) is 1.37. The molecule has 1 aliphatic rings. The quantitative estimate of drug-likeness (QED) is 0.696. The van der Waals surface area contributed by atoms with Gasteiger partial charge in [-0.05, 0) is 37.9 Å². The molecule has 0 atom stereocenters. The van der Waals surface area contributed by atoms with Crippen LogP contribution in [0.3, 0.4) is 0 Å². The third-order valence-corrected chi connectivity index (χ3v) is 2.34. The van der Waals surface area contributed by atoms with Gasteiger partial charge in [-0.1, -0.05) is 18.2 Å². The minimum Gasteiger partial charge on any atom is -0.494 e. The smallest absolute Gasteiger partial charge is 0.119 e. The molecule has 1 aliphatic carbocycles. The minimum atomic E-state index is 0.809. The molecule has 1 fully saturated rings. The molecule has 2 nitrogen and oxygen atoms in total. The topological polar surface area (TPSA) is 21.3 Å². The van der Waals surface area contributed by atoms with E-state index in [2.05, 4.69) is 5.32 Å². The van der Waals surface area contributed by atoms with E-state index < -0.39 is 0 Å². The van der Waals surface area contributed by atoms with Crippen LogP contribution in [0.1, 0.15) is 19.3 Å². The standard InChI is InChI=1S/C12H17NO/c1-2-5-12(6-3-1)14-10-4-9-13-11-7-8-11/h1-3,5-6,11,13H,4,7-10H2. The van der Waals surface area contributed by atoms with Crippen LogP contribution >= 0.6 is 0 Å². The molecular formula is C12H17NO. The number of hydrogen-bond acceptors (Lipinski definition) is 2. The van der Waals surface area contributed by atoms with Crippen molar-refractivity contribution in [2.75, 3.05) is 13.2 Å². The zero-order chi connectivity index (χ0) is 9.64. The van der Waals surface area contributed by atoms with Gasteiger partial charge in [0.05, 0.1) is 6.61 Å². The Morgan fingerprint density at radius 1 is 1.21 bits per heavy atom. The highest BCUT2D eigenvalue weighted by Gasteiger charge is 2.19. The van der Waals surface area contributed by atoms with E-state index in [1.165, 1.54) is 12.8 Å². The predicted octanol–water partition coefficient (Wildman–Crippen LogP) is 2.21. The van der Waals surface area contributed by atoms with Crippen molar-refractivity contribution in [1.29, 1.82) is 0 Å². The molecule has 0 aromatic heterocycles. The van der Waals surface area contributed by atoms with E-state index in [9.17, 15) is 0 Å². The van der Waals surface area contributed by atoms with Crippen LogP contribution in [0, 0.1) is 0 Å². The van der Waals surface area contributed by atoms with Crippen molar-refractivity contribution in [3.8, 4) is 5.75 Å². The maximum absolute atomic E-state index is 5.57. The molecule has 0 aliphatic heterocycles. The summed E-state index contributed by atoms with van der Waals surface area (Å²) in [6.07, 6.45) is 3.81. The van der Waals surface area contributed by atoms with Crippen molar-refractivity contribution in [2.45, 2.75) is 25.3 Å². The number of para-hydroxylation sites is 1. The highest BCUT2D eigenvalue weighted by atomic mass is 16.5. The fraction of sp³-hybridized carbons (Fsp3) is 0.500. The molecular weight excluding hydrogens is 174 g/mol. The molecule has 1 aromatic rings. The molecule has 0 amide bonds. The second kappa shape index (κ2) is 5.01. The Hall–Kier alpha value is -1.02. The average molecular weight is 191 g/mol. The molecule has 0 bridgehead atoms. The van der Waals surface area contributed by atoms with Gasteiger partial charge < -0.3 is 10.1 Å². The molecule has 0 saturated heterocycles. The third-order valence-electron chi connectivity index (χ3n) is 2.34. The second-order valence-corrected chi connectivity index (χ2v) is 3.74. The zero-order valence-corrected chi connectivity index (χ0v) is 8.41. The molecule has 76 valence electrons. The van der Waals surface area contributed by atoms with Gasteiger partial charge in [-0.25, -0.2) is 0 Å². The first-order valence-electron chi connectivity index (χ1n) is 5.36. The summed E-state index contributed by atoms with van der Waals surface area (Å²) in [4.78, 5) is 0. The number of hydrogen-bond donors (Lipinski definition) is 1. The van der Waals surface area contributed by atoms with E-state index in [1.807, 2.05) is 30.3 Å². The van der Waals surface area contributed by atoms with Crippen LogP contribution in [0.15, 0.2) is 30.3 Å². The molecule has 1 aromatic carbocycles. The largest absolute Gasteiger partial charge is 0.494 e. The Kier molecular flexibility index (Phi) is 3.41. The lowest BCUT2D eigenvalue weighted by molar-refractivity contribution is 0.308. The highest BCUT2D eigenvalue weighted by molar-refractivity contribution is 5.20. The average Bonchev–Trinajstić information content (AvgIpc) is 3.03.